The average molecular weight is 400 g/mol. The number of nitrogens with two attached hydrogens (primary N) is 1. The molecule has 1 saturated heterocycles. The molecule has 1 fully saturated rings. The van der Waals surface area contributed by atoms with E-state index in [0.717, 1.165) is 64.2 Å². The first-order valence-corrected chi connectivity index (χ1v) is 10.9. The van der Waals surface area contributed by atoms with Crippen LogP contribution in [0.1, 0.15) is 68.4 Å². The zero-order chi connectivity index (χ0) is 21.1. The van der Waals surface area contributed by atoms with Gasteiger partial charge in [0.25, 0.3) is 0 Å². The van der Waals surface area contributed by atoms with Gasteiger partial charge in [0, 0.05) is 37.3 Å². The molecular weight excluding hydrogens is 362 g/mol. The van der Waals surface area contributed by atoms with E-state index >= 15 is 0 Å². The average Bonchev–Trinajstić information content (AvgIpc) is 2.68. The Bertz CT molecular complexity index is 761. The maximum Gasteiger partial charge on any atom is 0.249 e. The maximum atomic E-state index is 12.1. The molecule has 1 amide bonds. The Hall–Kier alpha value is -1.69. The van der Waals surface area contributed by atoms with E-state index in [1.54, 1.807) is 0 Å². The highest BCUT2D eigenvalue weighted by Crippen LogP contribution is 2.39. The highest BCUT2D eigenvalue weighted by molar-refractivity contribution is 5.98. The molecule has 0 aromatic heterocycles. The molecule has 0 spiro atoms. The smallest absolute Gasteiger partial charge is 0.249 e. The van der Waals surface area contributed by atoms with E-state index in [0.29, 0.717) is 11.0 Å². The number of hydrogen-bond donors (Lipinski definition) is 2. The number of allylic oxidation sites excluding steroid dienone is 2. The SMILES string of the molecule is CC1(C)CC=C(c2cc(C(C)(C)NCCN3CCOCC3)ccc2C(N)=O)CC1. The molecule has 3 rings (SSSR count). The fourth-order valence-electron chi connectivity index (χ4n) is 4.19. The van der Waals surface area contributed by atoms with Gasteiger partial charge in [0.15, 0.2) is 0 Å². The number of rotatable bonds is 7. The molecule has 0 bridgehead atoms. The van der Waals surface area contributed by atoms with E-state index in [2.05, 4.69) is 50.1 Å². The molecule has 5 nitrogen and oxygen atoms in total. The van der Waals surface area contributed by atoms with Crippen LogP contribution in [-0.2, 0) is 10.3 Å². The first-order valence-electron chi connectivity index (χ1n) is 10.9. The molecule has 1 aliphatic carbocycles. The third-order valence-electron chi connectivity index (χ3n) is 6.42. The largest absolute Gasteiger partial charge is 0.379 e. The lowest BCUT2D eigenvalue weighted by molar-refractivity contribution is 0.0376. The molecule has 0 unspecified atom stereocenters. The van der Waals surface area contributed by atoms with Crippen LogP contribution in [0.15, 0.2) is 24.3 Å². The highest BCUT2D eigenvalue weighted by Gasteiger charge is 2.26. The Morgan fingerprint density at radius 2 is 2.00 bits per heavy atom. The number of ether oxygens (including phenoxy) is 1. The molecule has 0 atom stereocenters. The molecule has 5 heteroatoms. The summed E-state index contributed by atoms with van der Waals surface area (Å²) in [4.78, 5) is 14.5. The van der Waals surface area contributed by atoms with Crippen LogP contribution in [0.25, 0.3) is 5.57 Å². The Labute approximate surface area is 175 Å². The van der Waals surface area contributed by atoms with E-state index in [-0.39, 0.29) is 11.4 Å². The van der Waals surface area contributed by atoms with Crippen LogP contribution in [0.2, 0.25) is 0 Å². The number of amides is 1. The van der Waals surface area contributed by atoms with Crippen molar-refractivity contribution >= 4 is 11.5 Å². The Kier molecular flexibility index (Phi) is 6.82. The van der Waals surface area contributed by atoms with Gasteiger partial charge >= 0.3 is 0 Å². The van der Waals surface area contributed by atoms with Gasteiger partial charge in [0.2, 0.25) is 5.91 Å². The van der Waals surface area contributed by atoms with Gasteiger partial charge in [-0.3, -0.25) is 9.69 Å². The monoisotopic (exact) mass is 399 g/mol. The van der Waals surface area contributed by atoms with E-state index in [9.17, 15) is 4.79 Å². The summed E-state index contributed by atoms with van der Waals surface area (Å²) in [5.74, 6) is -0.352. The van der Waals surface area contributed by atoms with Crippen LogP contribution >= 0.6 is 0 Å². The van der Waals surface area contributed by atoms with Crippen molar-refractivity contribution in [3.05, 3.63) is 41.0 Å². The van der Waals surface area contributed by atoms with Gasteiger partial charge < -0.3 is 15.8 Å². The minimum Gasteiger partial charge on any atom is -0.379 e. The van der Waals surface area contributed by atoms with E-state index < -0.39 is 0 Å². The van der Waals surface area contributed by atoms with Crippen molar-refractivity contribution in [1.29, 1.82) is 0 Å². The van der Waals surface area contributed by atoms with Crippen molar-refractivity contribution in [1.82, 2.24) is 10.2 Å². The van der Waals surface area contributed by atoms with Gasteiger partial charge in [-0.25, -0.2) is 0 Å². The molecule has 29 heavy (non-hydrogen) atoms. The van der Waals surface area contributed by atoms with Gasteiger partial charge in [-0.1, -0.05) is 26.0 Å². The standard InChI is InChI=1S/C24H37N3O2/c1-23(2)9-7-18(8-10-23)21-17-19(5-6-20(21)22(25)28)24(3,4)26-11-12-27-13-15-29-16-14-27/h5-7,17,26H,8-16H2,1-4H3,(H2,25,28). The van der Waals surface area contributed by atoms with Gasteiger partial charge in [-0.05, 0) is 67.4 Å². The lowest BCUT2D eigenvalue weighted by Gasteiger charge is -2.32. The van der Waals surface area contributed by atoms with Crippen LogP contribution in [0.3, 0.4) is 0 Å². The number of morpholine rings is 1. The van der Waals surface area contributed by atoms with Crippen molar-refractivity contribution < 1.29 is 9.53 Å². The molecule has 1 aliphatic heterocycles. The predicted octanol–water partition coefficient (Wildman–Crippen LogP) is 3.54. The zero-order valence-corrected chi connectivity index (χ0v) is 18.5. The molecule has 2 aliphatic rings. The zero-order valence-electron chi connectivity index (χ0n) is 18.5. The van der Waals surface area contributed by atoms with E-state index in [1.165, 1.54) is 11.1 Å². The minimum absolute atomic E-state index is 0.189. The summed E-state index contributed by atoms with van der Waals surface area (Å²) in [7, 11) is 0. The second-order valence-corrected chi connectivity index (χ2v) is 9.73. The van der Waals surface area contributed by atoms with Gasteiger partial charge in [0.1, 0.15) is 0 Å². The number of benzene rings is 1. The number of hydrogen-bond acceptors (Lipinski definition) is 4. The van der Waals surface area contributed by atoms with Crippen molar-refractivity contribution in [2.75, 3.05) is 39.4 Å². The summed E-state index contributed by atoms with van der Waals surface area (Å²) in [6, 6.07) is 6.11. The predicted molar refractivity (Wildman–Crippen MR) is 119 cm³/mol. The highest BCUT2D eigenvalue weighted by atomic mass is 16.5. The van der Waals surface area contributed by atoms with Crippen LogP contribution in [-0.4, -0.2) is 50.2 Å². The lowest BCUT2D eigenvalue weighted by atomic mass is 9.76. The number of nitrogens with zero attached hydrogens (tertiary/aromatic N) is 1. The van der Waals surface area contributed by atoms with Crippen molar-refractivity contribution in [2.24, 2.45) is 11.1 Å². The quantitative estimate of drug-likeness (QED) is 0.736. The van der Waals surface area contributed by atoms with Crippen LogP contribution < -0.4 is 11.1 Å². The summed E-state index contributed by atoms with van der Waals surface area (Å²) in [6.07, 6.45) is 5.45. The molecule has 160 valence electrons. The van der Waals surface area contributed by atoms with Crippen LogP contribution in [0.4, 0.5) is 0 Å². The Balaban J connectivity index is 1.76. The fraction of sp³-hybridized carbons (Fsp3) is 0.625. The molecule has 1 heterocycles. The first kappa shape index (κ1) is 22.0. The van der Waals surface area contributed by atoms with Crippen LogP contribution in [0.5, 0.6) is 0 Å². The third-order valence-corrected chi connectivity index (χ3v) is 6.42. The minimum atomic E-state index is -0.352. The third kappa shape index (κ3) is 5.68. The van der Waals surface area contributed by atoms with E-state index in [4.69, 9.17) is 10.5 Å². The second kappa shape index (κ2) is 8.99. The van der Waals surface area contributed by atoms with Gasteiger partial charge in [0.05, 0.1) is 13.2 Å². The molecule has 0 saturated carbocycles. The molecule has 0 radical (unpaired) electrons. The van der Waals surface area contributed by atoms with Gasteiger partial charge in [-0.2, -0.15) is 0 Å². The fourth-order valence-corrected chi connectivity index (χ4v) is 4.19. The van der Waals surface area contributed by atoms with Crippen molar-refractivity contribution in [3.63, 3.8) is 0 Å². The first-order chi connectivity index (χ1) is 13.7. The Morgan fingerprint density at radius 3 is 2.62 bits per heavy atom. The summed E-state index contributed by atoms with van der Waals surface area (Å²) < 4.78 is 5.43. The number of primary amides is 1. The summed E-state index contributed by atoms with van der Waals surface area (Å²) >= 11 is 0. The number of carbonyl (C=O) groups is 1. The molecule has 1 aromatic carbocycles. The topological polar surface area (TPSA) is 67.6 Å². The molecular formula is C24H37N3O2. The van der Waals surface area contributed by atoms with Crippen molar-refractivity contribution in [3.8, 4) is 0 Å². The molecule has 1 aromatic rings. The van der Waals surface area contributed by atoms with Crippen molar-refractivity contribution in [2.45, 2.75) is 52.5 Å². The maximum absolute atomic E-state index is 12.1. The normalized spacial score (nSPS) is 20.3. The summed E-state index contributed by atoms with van der Waals surface area (Å²) in [5.41, 5.74) is 9.91. The lowest BCUT2D eigenvalue weighted by Crippen LogP contribution is -2.44. The second-order valence-electron chi connectivity index (χ2n) is 9.73. The summed E-state index contributed by atoms with van der Waals surface area (Å²) in [5, 5.41) is 3.70. The van der Waals surface area contributed by atoms with Crippen LogP contribution in [0, 0.1) is 5.41 Å². The summed E-state index contributed by atoms with van der Waals surface area (Å²) in [6.45, 7) is 14.6. The number of carbonyl (C=O) groups excluding carboxylic acids is 1. The molecule has 3 N–H and O–H groups in total. The van der Waals surface area contributed by atoms with Gasteiger partial charge in [-0.15, -0.1) is 0 Å². The number of nitrogens with one attached hydrogen (secondary N) is 1. The van der Waals surface area contributed by atoms with E-state index in [1.807, 2.05) is 12.1 Å². The Morgan fingerprint density at radius 1 is 1.28 bits per heavy atom.